The predicted molar refractivity (Wildman–Crippen MR) is 97.8 cm³/mol. The van der Waals surface area contributed by atoms with E-state index in [-0.39, 0.29) is 24.3 Å². The number of aliphatic carboxylic acids is 1. The van der Waals surface area contributed by atoms with Crippen molar-refractivity contribution >= 4 is 29.2 Å². The third kappa shape index (κ3) is 2.02. The molecule has 2 aromatic rings. The molecule has 3 aliphatic heterocycles. The molecule has 1 fully saturated rings. The zero-order valence-electron chi connectivity index (χ0n) is 14.8. The molecule has 3 heterocycles. The Balaban J connectivity index is 1.75. The lowest BCUT2D eigenvalue weighted by molar-refractivity contribution is -0.143. The Hall–Kier alpha value is -3.55. The molecule has 0 aliphatic carbocycles. The van der Waals surface area contributed by atoms with Crippen molar-refractivity contribution in [3.63, 3.8) is 0 Å². The molecule has 0 radical (unpaired) electrons. The highest BCUT2D eigenvalue weighted by molar-refractivity contribution is 6.22. The molecule has 0 spiro atoms. The lowest BCUT2D eigenvalue weighted by atomic mass is 9.95. The number of nitrogens with zero attached hydrogens (tertiary/aromatic N) is 2. The first kappa shape index (κ1) is 16.6. The highest BCUT2D eigenvalue weighted by Gasteiger charge is 2.62. The molecular formula is C20H16N2O6. The summed E-state index contributed by atoms with van der Waals surface area (Å²) in [6.07, 6.45) is 0.0324. The molecule has 142 valence electrons. The minimum absolute atomic E-state index is 0.00428. The van der Waals surface area contributed by atoms with E-state index in [1.54, 1.807) is 42.5 Å². The number of hydrogen-bond donors (Lipinski definition) is 1. The fraction of sp³-hybridized carbons (Fsp3) is 0.250. The SMILES string of the molecule is O=C1c2ccccc2N2C(=O)CCC2(C(=O)O)N1c1ccc2c(c1)OCCO2. The van der Waals surface area contributed by atoms with Crippen LogP contribution in [0, 0.1) is 0 Å². The fourth-order valence-electron chi connectivity index (χ4n) is 4.19. The second-order valence-corrected chi connectivity index (χ2v) is 6.84. The van der Waals surface area contributed by atoms with Gasteiger partial charge in [-0.2, -0.15) is 0 Å². The topological polar surface area (TPSA) is 96.4 Å². The Labute approximate surface area is 159 Å². The van der Waals surface area contributed by atoms with Gasteiger partial charge in [0.25, 0.3) is 5.91 Å². The van der Waals surface area contributed by atoms with Gasteiger partial charge in [0.05, 0.1) is 16.9 Å². The number of carboxylic acid groups (broad SMARTS) is 1. The van der Waals surface area contributed by atoms with Crippen molar-refractivity contribution in [1.29, 1.82) is 0 Å². The zero-order valence-corrected chi connectivity index (χ0v) is 14.8. The highest BCUT2D eigenvalue weighted by Crippen LogP contribution is 2.47. The van der Waals surface area contributed by atoms with E-state index in [4.69, 9.17) is 9.47 Å². The maximum absolute atomic E-state index is 13.4. The average Bonchev–Trinajstić information content (AvgIpc) is 3.06. The van der Waals surface area contributed by atoms with Crippen LogP contribution in [0.25, 0.3) is 0 Å². The van der Waals surface area contributed by atoms with E-state index in [0.29, 0.717) is 36.1 Å². The number of carbonyl (C=O) groups excluding carboxylic acids is 2. The number of para-hydroxylation sites is 1. The molecule has 1 saturated heterocycles. The van der Waals surface area contributed by atoms with Crippen LogP contribution in [0.3, 0.4) is 0 Å². The number of rotatable bonds is 2. The maximum Gasteiger partial charge on any atom is 0.351 e. The van der Waals surface area contributed by atoms with Crippen molar-refractivity contribution in [3.05, 3.63) is 48.0 Å². The van der Waals surface area contributed by atoms with E-state index in [1.807, 2.05) is 0 Å². The largest absolute Gasteiger partial charge is 0.486 e. The number of anilines is 2. The van der Waals surface area contributed by atoms with Crippen molar-refractivity contribution in [1.82, 2.24) is 0 Å². The third-order valence-electron chi connectivity index (χ3n) is 5.38. The summed E-state index contributed by atoms with van der Waals surface area (Å²) in [5.74, 6) is -1.09. The van der Waals surface area contributed by atoms with Gasteiger partial charge in [-0.3, -0.25) is 19.4 Å². The summed E-state index contributed by atoms with van der Waals surface area (Å²) >= 11 is 0. The molecule has 28 heavy (non-hydrogen) atoms. The molecule has 8 nitrogen and oxygen atoms in total. The first-order valence-corrected chi connectivity index (χ1v) is 8.94. The fourth-order valence-corrected chi connectivity index (χ4v) is 4.19. The van der Waals surface area contributed by atoms with Gasteiger partial charge in [0.2, 0.25) is 11.6 Å². The Bertz CT molecular complexity index is 1040. The Morgan fingerprint density at radius 1 is 1.00 bits per heavy atom. The highest BCUT2D eigenvalue weighted by atomic mass is 16.6. The number of carboxylic acids is 1. The number of amides is 2. The number of carbonyl (C=O) groups is 3. The van der Waals surface area contributed by atoms with Crippen LogP contribution < -0.4 is 19.3 Å². The number of fused-ring (bicyclic) bond motifs is 4. The van der Waals surface area contributed by atoms with E-state index in [9.17, 15) is 19.5 Å². The van der Waals surface area contributed by atoms with E-state index in [1.165, 1.54) is 9.80 Å². The smallest absolute Gasteiger partial charge is 0.351 e. The molecule has 3 aliphatic rings. The molecular weight excluding hydrogens is 364 g/mol. The van der Waals surface area contributed by atoms with Crippen LogP contribution in [-0.4, -0.2) is 41.8 Å². The second kappa shape index (κ2) is 5.72. The van der Waals surface area contributed by atoms with Crippen LogP contribution >= 0.6 is 0 Å². The summed E-state index contributed by atoms with van der Waals surface area (Å²) in [5.41, 5.74) is -0.867. The van der Waals surface area contributed by atoms with Crippen LogP contribution in [-0.2, 0) is 9.59 Å². The molecule has 1 atom stereocenters. The summed E-state index contributed by atoms with van der Waals surface area (Å²) in [7, 11) is 0. The summed E-state index contributed by atoms with van der Waals surface area (Å²) < 4.78 is 11.1. The average molecular weight is 380 g/mol. The van der Waals surface area contributed by atoms with Gasteiger partial charge in [0.1, 0.15) is 13.2 Å². The normalized spacial score (nSPS) is 22.7. The van der Waals surface area contributed by atoms with Gasteiger partial charge in [-0.1, -0.05) is 12.1 Å². The quantitative estimate of drug-likeness (QED) is 0.856. The van der Waals surface area contributed by atoms with Crippen molar-refractivity contribution < 1.29 is 29.0 Å². The lowest BCUT2D eigenvalue weighted by Gasteiger charge is -2.47. The summed E-state index contributed by atoms with van der Waals surface area (Å²) in [6.45, 7) is 0.783. The Morgan fingerprint density at radius 3 is 2.54 bits per heavy atom. The standard InChI is InChI=1S/C20H16N2O6/c23-17-7-8-20(19(25)26)21(12-5-6-15-16(11-12)28-10-9-27-15)18(24)13-3-1-2-4-14(13)22(17)20/h1-6,11H,7-10H2,(H,25,26). The van der Waals surface area contributed by atoms with Gasteiger partial charge in [0.15, 0.2) is 11.5 Å². The van der Waals surface area contributed by atoms with Gasteiger partial charge in [-0.25, -0.2) is 4.79 Å². The molecule has 8 heteroatoms. The second-order valence-electron chi connectivity index (χ2n) is 6.84. The Morgan fingerprint density at radius 2 is 1.75 bits per heavy atom. The molecule has 2 amide bonds. The molecule has 1 unspecified atom stereocenters. The van der Waals surface area contributed by atoms with Crippen molar-refractivity contribution in [2.75, 3.05) is 23.0 Å². The molecule has 5 rings (SSSR count). The molecule has 2 aromatic carbocycles. The first-order valence-electron chi connectivity index (χ1n) is 8.94. The monoisotopic (exact) mass is 380 g/mol. The van der Waals surface area contributed by atoms with Crippen molar-refractivity contribution in [2.24, 2.45) is 0 Å². The van der Waals surface area contributed by atoms with Crippen molar-refractivity contribution in [3.8, 4) is 11.5 Å². The van der Waals surface area contributed by atoms with E-state index >= 15 is 0 Å². The lowest BCUT2D eigenvalue weighted by Crippen LogP contribution is -2.68. The molecule has 1 N–H and O–H groups in total. The van der Waals surface area contributed by atoms with Gasteiger partial charge in [-0.05, 0) is 24.3 Å². The number of ether oxygens (including phenoxy) is 2. The van der Waals surface area contributed by atoms with Crippen LogP contribution in [0.15, 0.2) is 42.5 Å². The van der Waals surface area contributed by atoms with Gasteiger partial charge >= 0.3 is 5.97 Å². The number of benzene rings is 2. The predicted octanol–water partition coefficient (Wildman–Crippen LogP) is 2.03. The molecule has 0 saturated carbocycles. The van der Waals surface area contributed by atoms with E-state index in [0.717, 1.165) is 0 Å². The summed E-state index contributed by atoms with van der Waals surface area (Å²) in [4.78, 5) is 41.0. The van der Waals surface area contributed by atoms with Crippen LogP contribution in [0.2, 0.25) is 0 Å². The van der Waals surface area contributed by atoms with Crippen LogP contribution in [0.4, 0.5) is 11.4 Å². The third-order valence-corrected chi connectivity index (χ3v) is 5.38. The summed E-state index contributed by atoms with van der Waals surface area (Å²) in [5, 5.41) is 10.2. The van der Waals surface area contributed by atoms with E-state index < -0.39 is 17.5 Å². The zero-order chi connectivity index (χ0) is 19.5. The summed E-state index contributed by atoms with van der Waals surface area (Å²) in [6, 6.07) is 11.4. The minimum Gasteiger partial charge on any atom is -0.486 e. The van der Waals surface area contributed by atoms with Crippen LogP contribution in [0.5, 0.6) is 11.5 Å². The van der Waals surface area contributed by atoms with E-state index in [2.05, 4.69) is 0 Å². The van der Waals surface area contributed by atoms with Gasteiger partial charge < -0.3 is 14.6 Å². The molecule has 0 aromatic heterocycles. The maximum atomic E-state index is 13.4. The first-order chi connectivity index (χ1) is 13.5. The molecule has 0 bridgehead atoms. The van der Waals surface area contributed by atoms with Gasteiger partial charge in [-0.15, -0.1) is 0 Å². The number of hydrogen-bond acceptors (Lipinski definition) is 5. The Kier molecular flexibility index (Phi) is 3.39. The minimum atomic E-state index is -1.81. The van der Waals surface area contributed by atoms with Gasteiger partial charge in [0, 0.05) is 18.9 Å². The van der Waals surface area contributed by atoms with Crippen LogP contribution in [0.1, 0.15) is 23.2 Å². The van der Waals surface area contributed by atoms with Crippen molar-refractivity contribution in [2.45, 2.75) is 18.5 Å².